The van der Waals surface area contributed by atoms with E-state index in [0.717, 1.165) is 48.0 Å². The van der Waals surface area contributed by atoms with Crippen LogP contribution >= 0.6 is 0 Å². The van der Waals surface area contributed by atoms with E-state index in [2.05, 4.69) is 128 Å². The Hall–Kier alpha value is -4.96. The zero-order chi connectivity index (χ0) is 28.8. The fourth-order valence-electron chi connectivity index (χ4n) is 6.59. The molecular formula is C38H34N4. The summed E-state index contributed by atoms with van der Waals surface area (Å²) in [6.07, 6.45) is 6.45. The Kier molecular flexibility index (Phi) is 6.47. The minimum absolute atomic E-state index is 0.0400. The quantitative estimate of drug-likeness (QED) is 0.204. The summed E-state index contributed by atoms with van der Waals surface area (Å²) in [4.78, 5) is 14.9. The van der Waals surface area contributed by atoms with Crippen LogP contribution in [0.5, 0.6) is 0 Å². The predicted molar refractivity (Wildman–Crippen MR) is 176 cm³/mol. The molecule has 1 atom stereocenters. The lowest BCUT2D eigenvalue weighted by molar-refractivity contribution is 0.723. The van der Waals surface area contributed by atoms with Crippen molar-refractivity contribution in [2.45, 2.75) is 39.3 Å². The van der Waals surface area contributed by atoms with Gasteiger partial charge < -0.3 is 9.80 Å². The van der Waals surface area contributed by atoms with Gasteiger partial charge in [-0.15, -0.1) is 0 Å². The first-order chi connectivity index (χ1) is 20.6. The molecule has 0 spiro atoms. The third-order valence-corrected chi connectivity index (χ3v) is 8.66. The van der Waals surface area contributed by atoms with Crippen molar-refractivity contribution in [3.8, 4) is 22.3 Å². The van der Waals surface area contributed by atoms with Crippen LogP contribution in [0, 0.1) is 0 Å². The van der Waals surface area contributed by atoms with Crippen molar-refractivity contribution in [2.75, 3.05) is 9.80 Å². The van der Waals surface area contributed by atoms with Gasteiger partial charge in [0.15, 0.2) is 11.6 Å². The average molecular weight is 547 g/mol. The van der Waals surface area contributed by atoms with Crippen molar-refractivity contribution in [1.29, 1.82) is 0 Å². The molecule has 3 heterocycles. The van der Waals surface area contributed by atoms with E-state index < -0.39 is 0 Å². The summed E-state index contributed by atoms with van der Waals surface area (Å²) in [6.45, 7) is 12.4. The van der Waals surface area contributed by atoms with Crippen LogP contribution in [0.2, 0.25) is 0 Å². The van der Waals surface area contributed by atoms with E-state index >= 15 is 0 Å². The molecule has 5 aromatic rings. The summed E-state index contributed by atoms with van der Waals surface area (Å²) in [6, 6.07) is 33.1. The molecule has 4 nitrogen and oxygen atoms in total. The molecule has 0 bridgehead atoms. The van der Waals surface area contributed by atoms with Crippen molar-refractivity contribution >= 4 is 35.2 Å². The van der Waals surface area contributed by atoms with Gasteiger partial charge in [0.25, 0.3) is 0 Å². The Morgan fingerprint density at radius 1 is 0.690 bits per heavy atom. The van der Waals surface area contributed by atoms with E-state index in [1.165, 1.54) is 44.6 Å². The molecule has 0 saturated carbocycles. The molecule has 2 aliphatic rings. The molecule has 42 heavy (non-hydrogen) atoms. The van der Waals surface area contributed by atoms with Gasteiger partial charge in [-0.05, 0) is 88.2 Å². The number of fused-ring (bicyclic) bond motifs is 5. The van der Waals surface area contributed by atoms with E-state index in [-0.39, 0.29) is 6.17 Å². The largest absolute Gasteiger partial charge is 0.301 e. The maximum absolute atomic E-state index is 5.09. The Morgan fingerprint density at radius 2 is 1.24 bits per heavy atom. The van der Waals surface area contributed by atoms with E-state index in [1.807, 2.05) is 0 Å². The highest BCUT2D eigenvalue weighted by molar-refractivity contribution is 5.89. The first-order valence-corrected chi connectivity index (χ1v) is 14.8. The van der Waals surface area contributed by atoms with E-state index in [4.69, 9.17) is 9.97 Å². The second-order valence-corrected chi connectivity index (χ2v) is 10.9. The summed E-state index contributed by atoms with van der Waals surface area (Å²) >= 11 is 0. The number of hydrogen-bond acceptors (Lipinski definition) is 4. The highest BCUT2D eigenvalue weighted by atomic mass is 15.5. The molecule has 0 N–H and O–H groups in total. The zero-order valence-electron chi connectivity index (χ0n) is 24.2. The van der Waals surface area contributed by atoms with Crippen molar-refractivity contribution in [3.63, 3.8) is 0 Å². The van der Waals surface area contributed by atoms with Crippen LogP contribution in [0.3, 0.4) is 0 Å². The van der Waals surface area contributed by atoms with Gasteiger partial charge in [-0.25, -0.2) is 9.97 Å². The molecule has 4 aromatic carbocycles. The van der Waals surface area contributed by atoms with Crippen LogP contribution in [-0.2, 0) is 19.3 Å². The number of aryl methyl sites for hydroxylation is 2. The summed E-state index contributed by atoms with van der Waals surface area (Å²) in [7, 11) is 0. The molecule has 0 radical (unpaired) electrons. The number of hydrogen-bond donors (Lipinski definition) is 0. The smallest absolute Gasteiger partial charge is 0.179 e. The first-order valence-electron chi connectivity index (χ1n) is 14.8. The summed E-state index contributed by atoms with van der Waals surface area (Å²) in [5.74, 6) is 1.72. The Labute approximate surface area is 248 Å². The lowest BCUT2D eigenvalue weighted by Crippen LogP contribution is -2.36. The van der Waals surface area contributed by atoms with Crippen LogP contribution in [0.1, 0.15) is 41.9 Å². The fraction of sp³-hybridized carbons (Fsp3) is 0.158. The topological polar surface area (TPSA) is 32.3 Å². The van der Waals surface area contributed by atoms with Crippen LogP contribution in [0.25, 0.3) is 34.4 Å². The third kappa shape index (κ3) is 4.06. The molecule has 0 amide bonds. The number of rotatable bonds is 7. The Bertz CT molecular complexity index is 1810. The monoisotopic (exact) mass is 546 g/mol. The van der Waals surface area contributed by atoms with Crippen molar-refractivity contribution in [3.05, 3.63) is 132 Å². The van der Waals surface area contributed by atoms with Crippen molar-refractivity contribution in [2.24, 2.45) is 0 Å². The molecule has 2 aliphatic heterocycles. The van der Waals surface area contributed by atoms with Gasteiger partial charge >= 0.3 is 0 Å². The molecule has 1 unspecified atom stereocenters. The van der Waals surface area contributed by atoms with Crippen LogP contribution in [-0.4, -0.2) is 16.1 Å². The minimum Gasteiger partial charge on any atom is -0.301 e. The van der Waals surface area contributed by atoms with Gasteiger partial charge in [0.2, 0.25) is 0 Å². The second kappa shape index (κ2) is 10.5. The highest BCUT2D eigenvalue weighted by Gasteiger charge is 2.45. The standard InChI is InChI=1S/C38H34N4/c1-5-25-13-9-11-15-31(25)27-17-20-30(21-18-27)41-36-24-29-23-28(32-16-12-10-14-26(32)6-2)19-22-35(29)42(36)38-37(41)39-33(7-3)34(8-4)40-38/h7-23,36H,3-6,24H2,1-2H3. The summed E-state index contributed by atoms with van der Waals surface area (Å²) < 4.78 is 0. The number of benzene rings is 4. The van der Waals surface area contributed by atoms with E-state index in [0.29, 0.717) is 0 Å². The third-order valence-electron chi connectivity index (χ3n) is 8.66. The molecule has 206 valence electrons. The Balaban J connectivity index is 1.34. The number of anilines is 4. The average Bonchev–Trinajstić information content (AvgIpc) is 3.57. The molecule has 1 aromatic heterocycles. The van der Waals surface area contributed by atoms with Gasteiger partial charge in [0, 0.05) is 17.8 Å². The molecule has 4 heteroatoms. The van der Waals surface area contributed by atoms with Crippen molar-refractivity contribution in [1.82, 2.24) is 9.97 Å². The zero-order valence-corrected chi connectivity index (χ0v) is 24.2. The number of nitrogens with zero attached hydrogens (tertiary/aromatic N) is 4. The number of aromatic nitrogens is 2. The SMILES string of the molecule is C=Cc1nc2c(nc1C=C)N1c3ccc(-c4ccccc4CC)cc3CC1N2c1ccc(-c2ccccc2CC)cc1. The maximum Gasteiger partial charge on any atom is 0.179 e. The van der Waals surface area contributed by atoms with Gasteiger partial charge in [-0.3, -0.25) is 0 Å². The first kappa shape index (κ1) is 26.0. The van der Waals surface area contributed by atoms with Crippen LogP contribution < -0.4 is 9.80 Å². The van der Waals surface area contributed by atoms with E-state index in [1.54, 1.807) is 12.2 Å². The minimum atomic E-state index is 0.0400. The normalized spacial score (nSPS) is 14.9. The lowest BCUT2D eigenvalue weighted by atomic mass is 9.96. The lowest BCUT2D eigenvalue weighted by Gasteiger charge is -2.27. The molecule has 0 fully saturated rings. The highest BCUT2D eigenvalue weighted by Crippen LogP contribution is 2.52. The molecule has 7 rings (SSSR count). The summed E-state index contributed by atoms with van der Waals surface area (Å²) in [5.41, 5.74) is 12.9. The molecule has 0 saturated heterocycles. The van der Waals surface area contributed by atoms with Crippen LogP contribution in [0.15, 0.2) is 104 Å². The summed E-state index contributed by atoms with van der Waals surface area (Å²) in [5, 5.41) is 0. The maximum atomic E-state index is 5.09. The molecule has 0 aliphatic carbocycles. The second-order valence-electron chi connectivity index (χ2n) is 10.9. The molecular weight excluding hydrogens is 512 g/mol. The van der Waals surface area contributed by atoms with Gasteiger partial charge in [-0.1, -0.05) is 93.7 Å². The van der Waals surface area contributed by atoms with Gasteiger partial charge in [-0.2, -0.15) is 0 Å². The van der Waals surface area contributed by atoms with Crippen molar-refractivity contribution < 1.29 is 0 Å². The van der Waals surface area contributed by atoms with Crippen LogP contribution in [0.4, 0.5) is 23.0 Å². The predicted octanol–water partition coefficient (Wildman–Crippen LogP) is 9.39. The van der Waals surface area contributed by atoms with Gasteiger partial charge in [0.1, 0.15) is 6.17 Å². The van der Waals surface area contributed by atoms with Gasteiger partial charge in [0.05, 0.1) is 11.4 Å². The fourth-order valence-corrected chi connectivity index (χ4v) is 6.59. The van der Waals surface area contributed by atoms with E-state index in [9.17, 15) is 0 Å². The Morgan fingerprint density at radius 3 is 1.83 bits per heavy atom.